The molecule has 1 nitrogen and oxygen atoms in total. The van der Waals surface area contributed by atoms with Gasteiger partial charge in [0.25, 0.3) is 0 Å². The second-order valence-electron chi connectivity index (χ2n) is 11.3. The molecule has 0 saturated carbocycles. The Balaban J connectivity index is 1.38. The second kappa shape index (κ2) is 10.4. The zero-order valence-corrected chi connectivity index (χ0v) is 24.3. The smallest absolute Gasteiger partial charge is 0.143 e. The van der Waals surface area contributed by atoms with E-state index in [0.717, 1.165) is 60.1 Å². The van der Waals surface area contributed by atoms with Crippen LogP contribution in [0.2, 0.25) is 0 Å². The molecule has 0 bridgehead atoms. The van der Waals surface area contributed by atoms with E-state index >= 15 is 0 Å². The van der Waals surface area contributed by atoms with Crippen molar-refractivity contribution in [1.82, 2.24) is 0 Å². The molecule has 45 heavy (non-hydrogen) atoms. The maximum absolute atomic E-state index is 9.79. The number of fused-ring (bicyclic) bond motifs is 5. The molecule has 8 aromatic carbocycles. The largest absolute Gasteiger partial charge is 0.455 e. The Morgan fingerprint density at radius 3 is 1.58 bits per heavy atom. The van der Waals surface area contributed by atoms with Crippen molar-refractivity contribution in [1.29, 1.82) is 0 Å². The van der Waals surface area contributed by atoms with Crippen LogP contribution in [0.1, 0.15) is 5.48 Å². The Morgan fingerprint density at radius 2 is 0.911 bits per heavy atom. The lowest BCUT2D eigenvalue weighted by atomic mass is 9.85. The van der Waals surface area contributed by atoms with Crippen LogP contribution >= 0.6 is 0 Å². The highest BCUT2D eigenvalue weighted by Crippen LogP contribution is 2.45. The van der Waals surface area contributed by atoms with Crippen molar-refractivity contribution in [2.75, 3.05) is 0 Å². The highest BCUT2D eigenvalue weighted by molar-refractivity contribution is 6.22. The van der Waals surface area contributed by atoms with Crippen LogP contribution in [-0.2, 0) is 0 Å². The molecular formula is C44H28O. The normalized spacial score (nSPS) is 12.8. The second-order valence-corrected chi connectivity index (χ2v) is 11.3. The van der Waals surface area contributed by atoms with Crippen LogP contribution in [0.4, 0.5) is 0 Å². The van der Waals surface area contributed by atoms with Crippen molar-refractivity contribution in [3.63, 3.8) is 0 Å². The molecule has 0 atom stereocenters. The zero-order chi connectivity index (χ0) is 33.2. The third-order valence-electron chi connectivity index (χ3n) is 8.75. The zero-order valence-electron chi connectivity index (χ0n) is 28.3. The molecule has 0 N–H and O–H groups in total. The van der Waals surface area contributed by atoms with Crippen LogP contribution in [0, 0.1) is 0 Å². The van der Waals surface area contributed by atoms with Gasteiger partial charge in [-0.2, -0.15) is 0 Å². The Kier molecular flexibility index (Phi) is 5.00. The standard InChI is InChI=1S/C44H28O/c1-3-14-29(15-4-1)33-24-13-27-40-43(33)39-26-12-25-34(44(39)45-40)31-18-11-19-32(28-31)42-37-22-9-7-20-35(37)41(30-16-5-2-6-17-30)36-21-8-10-23-38(36)42/h1-28H/i11D,18D,19D,28D. The van der Waals surface area contributed by atoms with Gasteiger partial charge in [0.15, 0.2) is 0 Å². The molecule has 0 fully saturated rings. The number of para-hydroxylation sites is 1. The number of benzene rings is 8. The summed E-state index contributed by atoms with van der Waals surface area (Å²) in [6, 6.07) is 48.0. The minimum Gasteiger partial charge on any atom is -0.455 e. The fourth-order valence-electron chi connectivity index (χ4n) is 6.82. The van der Waals surface area contributed by atoms with Gasteiger partial charge < -0.3 is 4.42 Å². The van der Waals surface area contributed by atoms with Gasteiger partial charge in [-0.3, -0.25) is 0 Å². The van der Waals surface area contributed by atoms with Gasteiger partial charge in [0.1, 0.15) is 11.2 Å². The molecule has 1 heterocycles. The van der Waals surface area contributed by atoms with Gasteiger partial charge in [-0.05, 0) is 72.6 Å². The number of furan rings is 1. The third kappa shape index (κ3) is 4.09. The van der Waals surface area contributed by atoms with E-state index in [0.29, 0.717) is 22.3 Å². The van der Waals surface area contributed by atoms with Gasteiger partial charge in [0.2, 0.25) is 0 Å². The lowest BCUT2D eigenvalue weighted by Crippen LogP contribution is -1.91. The van der Waals surface area contributed by atoms with Gasteiger partial charge in [-0.1, -0.05) is 158 Å². The Hall–Kier alpha value is -5.92. The Bertz CT molecular complexity index is 2690. The predicted molar refractivity (Wildman–Crippen MR) is 190 cm³/mol. The summed E-state index contributed by atoms with van der Waals surface area (Å²) in [5.41, 5.74) is 7.42. The van der Waals surface area contributed by atoms with Crippen LogP contribution in [0.15, 0.2) is 174 Å². The molecule has 0 unspecified atom stereocenters. The molecule has 0 aliphatic rings. The van der Waals surface area contributed by atoms with Crippen LogP contribution < -0.4 is 0 Å². The summed E-state index contributed by atoms with van der Waals surface area (Å²) >= 11 is 0. The lowest BCUT2D eigenvalue weighted by molar-refractivity contribution is 0.670. The molecule has 9 rings (SSSR count). The summed E-state index contributed by atoms with van der Waals surface area (Å²) in [5.74, 6) is 0. The summed E-state index contributed by atoms with van der Waals surface area (Å²) in [5, 5.41) is 5.60. The molecule has 1 heteroatoms. The van der Waals surface area contributed by atoms with Crippen molar-refractivity contribution in [2.45, 2.75) is 0 Å². The first-order valence-corrected chi connectivity index (χ1v) is 15.1. The van der Waals surface area contributed by atoms with Crippen LogP contribution in [0.3, 0.4) is 0 Å². The summed E-state index contributed by atoms with van der Waals surface area (Å²) in [6.07, 6.45) is 0. The first-order chi connectivity index (χ1) is 24.0. The molecule has 9 aromatic rings. The Labute approximate surface area is 267 Å². The van der Waals surface area contributed by atoms with Gasteiger partial charge in [0, 0.05) is 16.3 Å². The number of hydrogen-bond acceptors (Lipinski definition) is 1. The van der Waals surface area contributed by atoms with E-state index in [1.165, 1.54) is 0 Å². The van der Waals surface area contributed by atoms with E-state index in [-0.39, 0.29) is 29.7 Å². The van der Waals surface area contributed by atoms with Crippen molar-refractivity contribution in [3.05, 3.63) is 170 Å². The quantitative estimate of drug-likeness (QED) is 0.190. The average molecular weight is 577 g/mol. The monoisotopic (exact) mass is 576 g/mol. The molecule has 0 aliphatic heterocycles. The van der Waals surface area contributed by atoms with E-state index in [2.05, 4.69) is 42.5 Å². The maximum Gasteiger partial charge on any atom is 0.143 e. The van der Waals surface area contributed by atoms with Crippen LogP contribution in [0.25, 0.3) is 88.0 Å². The van der Waals surface area contributed by atoms with E-state index in [1.807, 2.05) is 103 Å². The fraction of sp³-hybridized carbons (Fsp3) is 0. The summed E-state index contributed by atoms with van der Waals surface area (Å²) in [7, 11) is 0. The van der Waals surface area contributed by atoms with Gasteiger partial charge in [-0.25, -0.2) is 0 Å². The van der Waals surface area contributed by atoms with Crippen molar-refractivity contribution in [2.24, 2.45) is 0 Å². The molecule has 0 radical (unpaired) electrons. The molecule has 0 saturated heterocycles. The average Bonchev–Trinajstić information content (AvgIpc) is 3.54. The number of rotatable bonds is 4. The highest BCUT2D eigenvalue weighted by atomic mass is 16.3. The third-order valence-corrected chi connectivity index (χ3v) is 8.75. The molecular weight excluding hydrogens is 544 g/mol. The molecule has 0 amide bonds. The lowest BCUT2D eigenvalue weighted by Gasteiger charge is -2.18. The highest BCUT2D eigenvalue weighted by Gasteiger charge is 2.19. The van der Waals surface area contributed by atoms with Gasteiger partial charge in [-0.15, -0.1) is 0 Å². The minimum atomic E-state index is -0.223. The maximum atomic E-state index is 9.79. The summed E-state index contributed by atoms with van der Waals surface area (Å²) in [6.45, 7) is 0. The summed E-state index contributed by atoms with van der Waals surface area (Å²) in [4.78, 5) is 0. The van der Waals surface area contributed by atoms with E-state index in [9.17, 15) is 2.74 Å². The fourth-order valence-corrected chi connectivity index (χ4v) is 6.82. The molecule has 0 spiro atoms. The van der Waals surface area contributed by atoms with Gasteiger partial charge in [0.05, 0.1) is 5.48 Å². The molecule has 0 aliphatic carbocycles. The molecule has 210 valence electrons. The summed E-state index contributed by atoms with van der Waals surface area (Å²) < 4.78 is 43.9. The topological polar surface area (TPSA) is 13.1 Å². The predicted octanol–water partition coefficient (Wildman–Crippen LogP) is 12.6. The Morgan fingerprint density at radius 1 is 0.400 bits per heavy atom. The SMILES string of the molecule is [2H]c1c([2H])c(-c2c3ccccc3c(-c3ccccc3)c3ccccc23)c([2H])c(-c2cccc3c2oc2cccc(-c4ccccc4)c23)c1[2H]. The van der Waals surface area contributed by atoms with Crippen LogP contribution in [-0.4, -0.2) is 0 Å². The van der Waals surface area contributed by atoms with Crippen molar-refractivity contribution >= 4 is 43.5 Å². The minimum absolute atomic E-state index is 0.0324. The first kappa shape index (κ1) is 21.7. The van der Waals surface area contributed by atoms with E-state index in [4.69, 9.17) is 7.16 Å². The van der Waals surface area contributed by atoms with Crippen LogP contribution in [0.5, 0.6) is 0 Å². The van der Waals surface area contributed by atoms with Crippen molar-refractivity contribution < 1.29 is 9.90 Å². The van der Waals surface area contributed by atoms with E-state index in [1.54, 1.807) is 0 Å². The van der Waals surface area contributed by atoms with Gasteiger partial charge >= 0.3 is 0 Å². The first-order valence-electron chi connectivity index (χ1n) is 17.1. The number of hydrogen-bond donors (Lipinski definition) is 0. The van der Waals surface area contributed by atoms with E-state index < -0.39 is 0 Å². The van der Waals surface area contributed by atoms with Crippen molar-refractivity contribution in [3.8, 4) is 44.5 Å². The molecule has 1 aromatic heterocycles.